The molecule has 5 nitrogen and oxygen atoms in total. The van der Waals surface area contributed by atoms with Crippen LogP contribution in [0.3, 0.4) is 0 Å². The second kappa shape index (κ2) is 6.77. The van der Waals surface area contributed by atoms with Gasteiger partial charge in [-0.1, -0.05) is 37.5 Å². The molecule has 0 unspecified atom stereocenters. The van der Waals surface area contributed by atoms with Crippen molar-refractivity contribution in [1.29, 1.82) is 0 Å². The summed E-state index contributed by atoms with van der Waals surface area (Å²) in [5.74, 6) is 0.854. The lowest BCUT2D eigenvalue weighted by atomic mass is 9.82. The summed E-state index contributed by atoms with van der Waals surface area (Å²) < 4.78 is 0. The van der Waals surface area contributed by atoms with Crippen LogP contribution in [-0.4, -0.2) is 30.5 Å². The monoisotopic (exact) mass is 326 g/mol. The van der Waals surface area contributed by atoms with Gasteiger partial charge in [0.05, 0.1) is 11.1 Å². The molecule has 3 N–H and O–H groups in total. The molecule has 1 aromatic carbocycles. The molecule has 1 heterocycles. The first kappa shape index (κ1) is 16.7. The van der Waals surface area contributed by atoms with Crippen molar-refractivity contribution in [1.82, 2.24) is 10.3 Å². The number of nitrogens with two attached hydrogens (primary N) is 1. The number of benzene rings is 1. The molecule has 24 heavy (non-hydrogen) atoms. The maximum Gasteiger partial charge on any atom is 0.240 e. The molecule has 0 bridgehead atoms. The van der Waals surface area contributed by atoms with E-state index in [2.05, 4.69) is 10.3 Å². The number of aromatic nitrogens is 1. The van der Waals surface area contributed by atoms with E-state index >= 15 is 0 Å². The van der Waals surface area contributed by atoms with Crippen LogP contribution in [0.4, 0.5) is 5.82 Å². The van der Waals surface area contributed by atoms with E-state index in [0.29, 0.717) is 6.54 Å². The maximum atomic E-state index is 12.6. The number of nitrogens with one attached hydrogen (secondary N) is 1. The van der Waals surface area contributed by atoms with E-state index < -0.39 is 5.54 Å². The SMILES string of the molecule is CN(C)c1cc(CNC(=O)C2(N)CCCCC2)c2ccccc2n1. The zero-order chi connectivity index (χ0) is 17.2. The molecule has 1 amide bonds. The zero-order valence-electron chi connectivity index (χ0n) is 14.5. The predicted octanol–water partition coefficient (Wildman–Crippen LogP) is 2.58. The van der Waals surface area contributed by atoms with Crippen molar-refractivity contribution in [3.63, 3.8) is 0 Å². The number of nitrogens with zero attached hydrogens (tertiary/aromatic N) is 2. The molecule has 1 saturated carbocycles. The van der Waals surface area contributed by atoms with Gasteiger partial charge in [-0.05, 0) is 30.5 Å². The van der Waals surface area contributed by atoms with E-state index in [1.807, 2.05) is 49.3 Å². The first-order chi connectivity index (χ1) is 11.5. The van der Waals surface area contributed by atoms with Gasteiger partial charge in [-0.25, -0.2) is 4.98 Å². The number of anilines is 1. The molecule has 3 rings (SSSR count). The van der Waals surface area contributed by atoms with Crippen molar-refractivity contribution >= 4 is 22.6 Å². The van der Waals surface area contributed by atoms with Gasteiger partial charge in [0.1, 0.15) is 5.82 Å². The summed E-state index contributed by atoms with van der Waals surface area (Å²) in [5, 5.41) is 4.12. The molecule has 1 aromatic heterocycles. The lowest BCUT2D eigenvalue weighted by molar-refractivity contribution is -0.127. The van der Waals surface area contributed by atoms with Gasteiger partial charge >= 0.3 is 0 Å². The number of pyridine rings is 1. The lowest BCUT2D eigenvalue weighted by Crippen LogP contribution is -2.54. The van der Waals surface area contributed by atoms with Gasteiger partial charge in [0.25, 0.3) is 0 Å². The summed E-state index contributed by atoms with van der Waals surface area (Å²) in [6, 6.07) is 10.1. The predicted molar refractivity (Wildman–Crippen MR) is 97.9 cm³/mol. The van der Waals surface area contributed by atoms with E-state index in [1.165, 1.54) is 6.42 Å². The first-order valence-electron chi connectivity index (χ1n) is 8.63. The van der Waals surface area contributed by atoms with Crippen LogP contribution >= 0.6 is 0 Å². The Hall–Kier alpha value is -2.14. The van der Waals surface area contributed by atoms with Crippen molar-refractivity contribution in [3.05, 3.63) is 35.9 Å². The number of para-hydroxylation sites is 1. The lowest BCUT2D eigenvalue weighted by Gasteiger charge is -2.31. The Morgan fingerprint density at radius 1 is 1.25 bits per heavy atom. The second-order valence-electron chi connectivity index (χ2n) is 6.95. The van der Waals surface area contributed by atoms with Crippen LogP contribution in [-0.2, 0) is 11.3 Å². The zero-order valence-corrected chi connectivity index (χ0v) is 14.5. The van der Waals surface area contributed by atoms with Crippen LogP contribution in [0, 0.1) is 0 Å². The molecule has 0 aliphatic heterocycles. The minimum atomic E-state index is -0.703. The minimum Gasteiger partial charge on any atom is -0.363 e. The summed E-state index contributed by atoms with van der Waals surface area (Å²) in [6.45, 7) is 0.474. The second-order valence-corrected chi connectivity index (χ2v) is 6.95. The number of carbonyl (C=O) groups excluding carboxylic acids is 1. The summed E-state index contributed by atoms with van der Waals surface area (Å²) in [7, 11) is 3.94. The summed E-state index contributed by atoms with van der Waals surface area (Å²) in [6.07, 6.45) is 4.80. The average molecular weight is 326 g/mol. The summed E-state index contributed by atoms with van der Waals surface area (Å²) in [4.78, 5) is 19.2. The van der Waals surface area contributed by atoms with Crippen LogP contribution < -0.4 is 16.0 Å². The molecule has 2 aromatic rings. The molecule has 0 saturated heterocycles. The fraction of sp³-hybridized carbons (Fsp3) is 0.474. The van der Waals surface area contributed by atoms with Crippen molar-refractivity contribution in [2.75, 3.05) is 19.0 Å². The van der Waals surface area contributed by atoms with Gasteiger partial charge in [0.15, 0.2) is 0 Å². The molecule has 0 spiro atoms. The van der Waals surface area contributed by atoms with Crippen LogP contribution in [0.15, 0.2) is 30.3 Å². The quantitative estimate of drug-likeness (QED) is 0.906. The van der Waals surface area contributed by atoms with Gasteiger partial charge in [-0.2, -0.15) is 0 Å². The molecule has 1 fully saturated rings. The molecule has 0 radical (unpaired) electrons. The fourth-order valence-electron chi connectivity index (χ4n) is 3.37. The maximum absolute atomic E-state index is 12.6. The average Bonchev–Trinajstić information content (AvgIpc) is 2.59. The molecular weight excluding hydrogens is 300 g/mol. The van der Waals surface area contributed by atoms with Crippen molar-refractivity contribution in [2.45, 2.75) is 44.2 Å². The van der Waals surface area contributed by atoms with Gasteiger partial charge < -0.3 is 16.0 Å². The highest BCUT2D eigenvalue weighted by molar-refractivity contribution is 5.88. The number of hydrogen-bond acceptors (Lipinski definition) is 4. The van der Waals surface area contributed by atoms with E-state index in [1.54, 1.807) is 0 Å². The number of fused-ring (bicyclic) bond motifs is 1. The molecule has 0 atom stereocenters. The first-order valence-corrected chi connectivity index (χ1v) is 8.63. The number of carbonyl (C=O) groups is 1. The van der Waals surface area contributed by atoms with E-state index in [9.17, 15) is 4.79 Å². The highest BCUT2D eigenvalue weighted by Crippen LogP contribution is 2.27. The van der Waals surface area contributed by atoms with Crippen molar-refractivity contribution in [2.24, 2.45) is 5.73 Å². The largest absolute Gasteiger partial charge is 0.363 e. The van der Waals surface area contributed by atoms with E-state index in [-0.39, 0.29) is 5.91 Å². The Morgan fingerprint density at radius 3 is 2.67 bits per heavy atom. The standard InChI is InChI=1S/C19H26N4O/c1-23(2)17-12-14(15-8-4-5-9-16(15)22-17)13-21-18(24)19(20)10-6-3-7-11-19/h4-5,8-9,12H,3,6-7,10-11,13,20H2,1-2H3,(H,21,24). The van der Waals surface area contributed by atoms with Crippen LogP contribution in [0.1, 0.15) is 37.7 Å². The van der Waals surface area contributed by atoms with Crippen LogP contribution in [0.5, 0.6) is 0 Å². The molecular formula is C19H26N4O. The highest BCUT2D eigenvalue weighted by Gasteiger charge is 2.34. The van der Waals surface area contributed by atoms with Gasteiger partial charge in [-0.3, -0.25) is 4.79 Å². The molecule has 1 aliphatic carbocycles. The number of rotatable bonds is 4. The molecule has 128 valence electrons. The fourth-order valence-corrected chi connectivity index (χ4v) is 3.37. The van der Waals surface area contributed by atoms with Gasteiger partial charge in [0, 0.05) is 26.0 Å². The van der Waals surface area contributed by atoms with Crippen molar-refractivity contribution < 1.29 is 4.79 Å². The topological polar surface area (TPSA) is 71.2 Å². The number of amides is 1. The Kier molecular flexibility index (Phi) is 4.71. The molecule has 5 heteroatoms. The molecule has 1 aliphatic rings. The number of hydrogen-bond donors (Lipinski definition) is 2. The Bertz CT molecular complexity index is 735. The Morgan fingerprint density at radius 2 is 1.96 bits per heavy atom. The third-order valence-corrected chi connectivity index (χ3v) is 4.88. The third kappa shape index (κ3) is 3.36. The van der Waals surface area contributed by atoms with Crippen molar-refractivity contribution in [3.8, 4) is 0 Å². The van der Waals surface area contributed by atoms with E-state index in [4.69, 9.17) is 5.73 Å². The van der Waals surface area contributed by atoms with E-state index in [0.717, 1.165) is 48.0 Å². The van der Waals surface area contributed by atoms with Gasteiger partial charge in [-0.15, -0.1) is 0 Å². The summed E-state index contributed by atoms with van der Waals surface area (Å²) >= 11 is 0. The van der Waals surface area contributed by atoms with Gasteiger partial charge in [0.2, 0.25) is 5.91 Å². The van der Waals surface area contributed by atoms with Crippen LogP contribution in [0.25, 0.3) is 10.9 Å². The summed E-state index contributed by atoms with van der Waals surface area (Å²) in [5.41, 5.74) is 7.63. The normalized spacial score (nSPS) is 16.8. The Labute approximate surface area is 143 Å². The Balaban J connectivity index is 1.82. The third-order valence-electron chi connectivity index (χ3n) is 4.88. The van der Waals surface area contributed by atoms with Crippen LogP contribution in [0.2, 0.25) is 0 Å². The highest BCUT2D eigenvalue weighted by atomic mass is 16.2. The smallest absolute Gasteiger partial charge is 0.240 e. The minimum absolute atomic E-state index is 0.0329.